The highest BCUT2D eigenvalue weighted by Gasteiger charge is 2.19. The topological polar surface area (TPSA) is 78.9 Å². The lowest BCUT2D eigenvalue weighted by Crippen LogP contribution is -2.30. The molecule has 0 heterocycles. The SMILES string of the molecule is CC/C=C\C/C=C\C/C=C\C/C=C\C/C=C\CCCC(=O)OCC(COC(=O)CCCCCCCC/C=C\C/C=C\C/C=C\C/C=C\CC)OC(=O)CCCCCCC\C=C/C=C\C=C/C=C\C=C/CCC. The van der Waals surface area contributed by atoms with E-state index in [1.807, 2.05) is 36.5 Å². The molecule has 0 saturated carbocycles. The molecular weight excluding hydrogens is 889 g/mol. The van der Waals surface area contributed by atoms with E-state index in [2.05, 4.69) is 154 Å². The predicted octanol–water partition coefficient (Wildman–Crippen LogP) is 19.1. The number of carbonyl (C=O) groups excluding carboxylic acids is 3. The Balaban J connectivity index is 4.60. The molecule has 6 heteroatoms. The highest BCUT2D eigenvalue weighted by molar-refractivity contribution is 5.71. The van der Waals surface area contributed by atoms with E-state index in [0.717, 1.165) is 141 Å². The van der Waals surface area contributed by atoms with Crippen molar-refractivity contribution in [3.05, 3.63) is 170 Å². The van der Waals surface area contributed by atoms with Gasteiger partial charge in [0, 0.05) is 19.3 Å². The van der Waals surface area contributed by atoms with Gasteiger partial charge in [0.15, 0.2) is 6.10 Å². The second kappa shape index (κ2) is 58.3. The van der Waals surface area contributed by atoms with E-state index in [-0.39, 0.29) is 44.0 Å². The number of rotatable bonds is 48. The maximum Gasteiger partial charge on any atom is 0.306 e. The van der Waals surface area contributed by atoms with Crippen molar-refractivity contribution in [2.45, 2.75) is 213 Å². The lowest BCUT2D eigenvalue weighted by atomic mass is 10.1. The fourth-order valence-electron chi connectivity index (χ4n) is 6.91. The summed E-state index contributed by atoms with van der Waals surface area (Å²) < 4.78 is 16.8. The van der Waals surface area contributed by atoms with Gasteiger partial charge in [-0.3, -0.25) is 14.4 Å². The zero-order valence-corrected chi connectivity index (χ0v) is 45.6. The molecule has 0 aliphatic carbocycles. The van der Waals surface area contributed by atoms with Crippen LogP contribution in [-0.2, 0) is 28.6 Å². The highest BCUT2D eigenvalue weighted by atomic mass is 16.6. The Hall–Kier alpha value is -5.23. The van der Waals surface area contributed by atoms with Crippen LogP contribution in [0.15, 0.2) is 170 Å². The average Bonchev–Trinajstić information content (AvgIpc) is 3.38. The van der Waals surface area contributed by atoms with E-state index in [0.29, 0.717) is 12.8 Å². The molecule has 72 heavy (non-hydrogen) atoms. The Labute approximate surface area is 441 Å². The zero-order valence-electron chi connectivity index (χ0n) is 45.6. The predicted molar refractivity (Wildman–Crippen MR) is 311 cm³/mol. The molecule has 0 radical (unpaired) electrons. The first-order valence-electron chi connectivity index (χ1n) is 28.2. The number of allylic oxidation sites excluding steroid dienone is 28. The quantitative estimate of drug-likeness (QED) is 0.0199. The third-order valence-corrected chi connectivity index (χ3v) is 11.0. The first-order chi connectivity index (χ1) is 35.5. The molecule has 0 saturated heterocycles. The molecule has 0 aromatic heterocycles. The van der Waals surface area contributed by atoms with Crippen LogP contribution < -0.4 is 0 Å². The molecule has 0 bridgehead atoms. The van der Waals surface area contributed by atoms with Gasteiger partial charge in [-0.25, -0.2) is 0 Å². The van der Waals surface area contributed by atoms with Crippen LogP contribution >= 0.6 is 0 Å². The Morgan fingerprint density at radius 3 is 1.03 bits per heavy atom. The zero-order chi connectivity index (χ0) is 52.2. The summed E-state index contributed by atoms with van der Waals surface area (Å²) in [6.45, 7) is 6.22. The number of hydrogen-bond donors (Lipinski definition) is 0. The third kappa shape index (κ3) is 55.7. The molecule has 0 spiro atoms. The van der Waals surface area contributed by atoms with Crippen LogP contribution in [-0.4, -0.2) is 37.2 Å². The minimum absolute atomic E-state index is 0.123. The number of esters is 3. The Morgan fingerprint density at radius 1 is 0.306 bits per heavy atom. The molecule has 0 fully saturated rings. The fourth-order valence-corrected chi connectivity index (χ4v) is 6.91. The second-order valence-corrected chi connectivity index (χ2v) is 17.8. The van der Waals surface area contributed by atoms with E-state index in [9.17, 15) is 14.4 Å². The van der Waals surface area contributed by atoms with Crippen molar-refractivity contribution in [3.8, 4) is 0 Å². The van der Waals surface area contributed by atoms with Crippen molar-refractivity contribution in [2.75, 3.05) is 13.2 Å². The van der Waals surface area contributed by atoms with Gasteiger partial charge in [-0.1, -0.05) is 242 Å². The van der Waals surface area contributed by atoms with Crippen molar-refractivity contribution < 1.29 is 28.6 Å². The summed E-state index contributed by atoms with van der Waals surface area (Å²) in [6, 6.07) is 0. The van der Waals surface area contributed by atoms with E-state index in [4.69, 9.17) is 14.2 Å². The van der Waals surface area contributed by atoms with E-state index >= 15 is 0 Å². The summed E-state index contributed by atoms with van der Waals surface area (Å²) in [4.78, 5) is 38.2. The first kappa shape index (κ1) is 66.8. The van der Waals surface area contributed by atoms with Crippen molar-refractivity contribution in [1.29, 1.82) is 0 Å². The third-order valence-electron chi connectivity index (χ3n) is 11.0. The summed E-state index contributed by atoms with van der Waals surface area (Å²) >= 11 is 0. The Bertz CT molecular complexity index is 1700. The van der Waals surface area contributed by atoms with Crippen molar-refractivity contribution >= 4 is 17.9 Å². The van der Waals surface area contributed by atoms with Gasteiger partial charge < -0.3 is 14.2 Å². The van der Waals surface area contributed by atoms with Crippen LogP contribution in [0.5, 0.6) is 0 Å². The number of carbonyl (C=O) groups is 3. The molecule has 0 aromatic carbocycles. The van der Waals surface area contributed by atoms with Crippen LogP contribution in [0.4, 0.5) is 0 Å². The van der Waals surface area contributed by atoms with Gasteiger partial charge in [-0.15, -0.1) is 0 Å². The van der Waals surface area contributed by atoms with Gasteiger partial charge in [-0.05, 0) is 116 Å². The van der Waals surface area contributed by atoms with Crippen LogP contribution in [0, 0.1) is 0 Å². The molecule has 6 nitrogen and oxygen atoms in total. The molecule has 0 aliphatic rings. The molecule has 0 aliphatic heterocycles. The van der Waals surface area contributed by atoms with Crippen LogP contribution in [0.3, 0.4) is 0 Å². The van der Waals surface area contributed by atoms with Crippen molar-refractivity contribution in [2.24, 2.45) is 0 Å². The van der Waals surface area contributed by atoms with Crippen LogP contribution in [0.1, 0.15) is 207 Å². The molecule has 1 atom stereocenters. The Kier molecular flexibility index (Phi) is 54.1. The van der Waals surface area contributed by atoms with Crippen molar-refractivity contribution in [3.63, 3.8) is 0 Å². The molecule has 400 valence electrons. The van der Waals surface area contributed by atoms with Gasteiger partial charge in [0.05, 0.1) is 0 Å². The maximum atomic E-state index is 12.9. The van der Waals surface area contributed by atoms with E-state index in [1.54, 1.807) is 0 Å². The molecule has 0 N–H and O–H groups in total. The van der Waals surface area contributed by atoms with E-state index in [1.165, 1.54) is 19.3 Å². The smallest absolute Gasteiger partial charge is 0.306 e. The number of ether oxygens (including phenoxy) is 3. The lowest BCUT2D eigenvalue weighted by molar-refractivity contribution is -0.167. The molecule has 0 rings (SSSR count). The van der Waals surface area contributed by atoms with Crippen LogP contribution in [0.2, 0.25) is 0 Å². The fraction of sp³-hybridized carbons (Fsp3) is 0.530. The van der Waals surface area contributed by atoms with Crippen LogP contribution in [0.25, 0.3) is 0 Å². The van der Waals surface area contributed by atoms with E-state index < -0.39 is 6.10 Å². The normalized spacial score (nSPS) is 13.4. The summed E-state index contributed by atoms with van der Waals surface area (Å²) in [5.41, 5.74) is 0. The van der Waals surface area contributed by atoms with Gasteiger partial charge in [0.25, 0.3) is 0 Å². The largest absolute Gasteiger partial charge is 0.462 e. The molecule has 0 amide bonds. The van der Waals surface area contributed by atoms with Gasteiger partial charge in [0.1, 0.15) is 13.2 Å². The standard InChI is InChI=1S/C66H100O6/c1-4-7-10-13-16-19-22-25-28-31-33-36-38-41-44-47-50-53-56-59-65(68)71-62-63(61-70-64(67)58-55-52-49-46-43-40-37-34-30-27-24-21-18-15-12-9-6-3)72-66(69)60-57-54-51-48-45-42-39-35-32-29-26-23-20-17-14-11-8-5-2/h7,9-12,14,16-21,23,25-30,32-33,35-37,39-40,46,49,63H,4-6,8,13,15,22,24,31,34,38,41-45,47-48,50-62H2,1-3H3/b10-7-,12-9-,14-11-,19-16-,20-17-,21-18-,26-23-,28-25-,30-27-,32-29-,36-33-,39-35-,40-37-,49-46-. The second-order valence-electron chi connectivity index (χ2n) is 17.8. The number of unbranched alkanes of at least 4 members (excludes halogenated alkanes) is 13. The summed E-state index contributed by atoms with van der Waals surface area (Å²) in [5.74, 6) is -1.03. The first-order valence-corrected chi connectivity index (χ1v) is 28.2. The minimum Gasteiger partial charge on any atom is -0.462 e. The number of hydrogen-bond acceptors (Lipinski definition) is 6. The van der Waals surface area contributed by atoms with Gasteiger partial charge in [0.2, 0.25) is 0 Å². The van der Waals surface area contributed by atoms with Gasteiger partial charge >= 0.3 is 17.9 Å². The molecule has 1 unspecified atom stereocenters. The average molecular weight is 990 g/mol. The lowest BCUT2D eigenvalue weighted by Gasteiger charge is -2.18. The monoisotopic (exact) mass is 989 g/mol. The summed E-state index contributed by atoms with van der Waals surface area (Å²) in [5, 5.41) is 0. The molecular formula is C66H100O6. The highest BCUT2D eigenvalue weighted by Crippen LogP contribution is 2.13. The summed E-state index contributed by atoms with van der Waals surface area (Å²) in [7, 11) is 0. The van der Waals surface area contributed by atoms with Crippen molar-refractivity contribution in [1.82, 2.24) is 0 Å². The Morgan fingerprint density at radius 2 is 0.611 bits per heavy atom. The minimum atomic E-state index is -0.831. The maximum absolute atomic E-state index is 12.9. The summed E-state index contributed by atoms with van der Waals surface area (Å²) in [6.07, 6.45) is 86.2. The molecule has 0 aromatic rings. The van der Waals surface area contributed by atoms with Gasteiger partial charge in [-0.2, -0.15) is 0 Å².